The van der Waals surface area contributed by atoms with Gasteiger partial charge in [0.25, 0.3) is 0 Å². The van der Waals surface area contributed by atoms with E-state index in [9.17, 15) is 4.79 Å². The number of benzene rings is 1. The molecule has 1 saturated carbocycles. The summed E-state index contributed by atoms with van der Waals surface area (Å²) in [7, 11) is 0. The van der Waals surface area contributed by atoms with Crippen molar-refractivity contribution < 1.29 is 9.53 Å². The second kappa shape index (κ2) is 10.0. The first kappa shape index (κ1) is 19.2. The second-order valence-corrected chi connectivity index (χ2v) is 6.68. The number of amides is 1. The number of carbonyl (C=O) groups is 1. The molecule has 1 aromatic rings. The highest BCUT2D eigenvalue weighted by atomic mass is 32.1. The third kappa shape index (κ3) is 6.74. The van der Waals surface area contributed by atoms with Crippen molar-refractivity contribution in [2.24, 2.45) is 0 Å². The molecule has 0 heterocycles. The lowest BCUT2D eigenvalue weighted by atomic mass is 9.96. The van der Waals surface area contributed by atoms with Crippen LogP contribution in [0.5, 0.6) is 0 Å². The van der Waals surface area contributed by atoms with Crippen LogP contribution in [0.2, 0.25) is 0 Å². The minimum absolute atomic E-state index is 0.245. The van der Waals surface area contributed by atoms with Gasteiger partial charge in [0.15, 0.2) is 5.11 Å². The largest absolute Gasteiger partial charge is 0.442 e. The summed E-state index contributed by atoms with van der Waals surface area (Å²) in [5.41, 5.74) is 1.76. The number of alkyl carbamates (subject to hydrolysis) is 1. The number of anilines is 1. The van der Waals surface area contributed by atoms with Gasteiger partial charge in [-0.05, 0) is 49.7 Å². The van der Waals surface area contributed by atoms with Crippen molar-refractivity contribution in [3.63, 3.8) is 0 Å². The van der Waals surface area contributed by atoms with Gasteiger partial charge >= 0.3 is 6.09 Å². The maximum Gasteiger partial charge on any atom is 0.407 e. The van der Waals surface area contributed by atoms with Gasteiger partial charge in [0, 0.05) is 18.3 Å². The SMILES string of the molecule is C=CCNC(=S)Nc1cccc([C@@H](C)OC(=O)NC2CCCCC2)c1. The fraction of sp³-hybridized carbons (Fsp3) is 0.474. The minimum Gasteiger partial charge on any atom is -0.442 e. The van der Waals surface area contributed by atoms with E-state index < -0.39 is 0 Å². The van der Waals surface area contributed by atoms with E-state index in [1.807, 2.05) is 31.2 Å². The van der Waals surface area contributed by atoms with Gasteiger partial charge in [-0.1, -0.05) is 37.5 Å². The van der Waals surface area contributed by atoms with E-state index in [0.717, 1.165) is 24.1 Å². The Kier molecular flexibility index (Phi) is 7.73. The van der Waals surface area contributed by atoms with Gasteiger partial charge in [-0.25, -0.2) is 4.79 Å². The number of carbonyl (C=O) groups excluding carboxylic acids is 1. The zero-order chi connectivity index (χ0) is 18.1. The lowest BCUT2D eigenvalue weighted by Gasteiger charge is -2.23. The molecule has 1 fully saturated rings. The van der Waals surface area contributed by atoms with Crippen LogP contribution in [0.25, 0.3) is 0 Å². The number of hydrogen-bond donors (Lipinski definition) is 3. The van der Waals surface area contributed by atoms with Crippen LogP contribution in [0.15, 0.2) is 36.9 Å². The summed E-state index contributed by atoms with van der Waals surface area (Å²) < 4.78 is 5.52. The van der Waals surface area contributed by atoms with Gasteiger partial charge in [0.05, 0.1) is 0 Å². The van der Waals surface area contributed by atoms with Gasteiger partial charge in [-0.2, -0.15) is 0 Å². The Bertz CT molecular complexity index is 600. The number of hydrogen-bond acceptors (Lipinski definition) is 3. The highest BCUT2D eigenvalue weighted by molar-refractivity contribution is 7.80. The summed E-state index contributed by atoms with van der Waals surface area (Å²) in [6, 6.07) is 7.94. The summed E-state index contributed by atoms with van der Waals surface area (Å²) in [5, 5.41) is 9.62. The molecule has 1 aromatic carbocycles. The smallest absolute Gasteiger partial charge is 0.407 e. The van der Waals surface area contributed by atoms with Gasteiger partial charge in [-0.15, -0.1) is 6.58 Å². The predicted octanol–water partition coefficient (Wildman–Crippen LogP) is 4.28. The van der Waals surface area contributed by atoms with Crippen LogP contribution in [0.4, 0.5) is 10.5 Å². The van der Waals surface area contributed by atoms with Crippen molar-refractivity contribution in [2.45, 2.75) is 51.2 Å². The summed E-state index contributed by atoms with van der Waals surface area (Å²) in [6.45, 7) is 6.11. The van der Waals surface area contributed by atoms with Crippen LogP contribution in [0, 0.1) is 0 Å². The molecule has 0 aromatic heterocycles. The highest BCUT2D eigenvalue weighted by Gasteiger charge is 2.18. The molecule has 1 aliphatic carbocycles. The first-order valence-electron chi connectivity index (χ1n) is 8.81. The Hall–Kier alpha value is -2.08. The molecule has 6 heteroatoms. The maximum absolute atomic E-state index is 12.1. The topological polar surface area (TPSA) is 62.4 Å². The molecule has 25 heavy (non-hydrogen) atoms. The van der Waals surface area contributed by atoms with Crippen LogP contribution < -0.4 is 16.0 Å². The highest BCUT2D eigenvalue weighted by Crippen LogP contribution is 2.22. The Balaban J connectivity index is 1.86. The fourth-order valence-electron chi connectivity index (χ4n) is 2.89. The number of nitrogens with one attached hydrogen (secondary N) is 3. The van der Waals surface area contributed by atoms with E-state index in [1.54, 1.807) is 6.08 Å². The lowest BCUT2D eigenvalue weighted by Crippen LogP contribution is -2.36. The number of ether oxygens (including phenoxy) is 1. The molecule has 3 N–H and O–H groups in total. The quantitative estimate of drug-likeness (QED) is 0.521. The van der Waals surface area contributed by atoms with E-state index >= 15 is 0 Å². The molecule has 1 atom stereocenters. The van der Waals surface area contributed by atoms with Crippen molar-refractivity contribution in [3.8, 4) is 0 Å². The normalized spacial score (nSPS) is 15.7. The van der Waals surface area contributed by atoms with Crippen LogP contribution in [-0.2, 0) is 4.74 Å². The molecule has 0 aliphatic heterocycles. The number of rotatable bonds is 6. The van der Waals surface area contributed by atoms with E-state index in [1.165, 1.54) is 19.3 Å². The zero-order valence-corrected chi connectivity index (χ0v) is 15.5. The van der Waals surface area contributed by atoms with Gasteiger partial charge in [-0.3, -0.25) is 0 Å². The molecule has 5 nitrogen and oxygen atoms in total. The molecular formula is C19H27N3O2S. The third-order valence-electron chi connectivity index (χ3n) is 4.23. The lowest BCUT2D eigenvalue weighted by molar-refractivity contribution is 0.102. The second-order valence-electron chi connectivity index (χ2n) is 6.28. The summed E-state index contributed by atoms with van der Waals surface area (Å²) >= 11 is 5.21. The molecule has 2 rings (SSSR count). The first-order chi connectivity index (χ1) is 12.1. The van der Waals surface area contributed by atoms with Gasteiger partial charge < -0.3 is 20.7 Å². The zero-order valence-electron chi connectivity index (χ0n) is 14.7. The molecule has 1 amide bonds. The van der Waals surface area contributed by atoms with E-state index in [4.69, 9.17) is 17.0 Å². The standard InChI is InChI=1S/C19H27N3O2S/c1-3-12-20-18(25)21-17-11-7-8-15(13-17)14(2)24-19(23)22-16-9-5-4-6-10-16/h3,7-8,11,13-14,16H,1,4-6,9-10,12H2,2H3,(H,22,23)(H2,20,21,25)/t14-/m1/s1. The molecule has 0 unspecified atom stereocenters. The van der Waals surface area contributed by atoms with E-state index in [2.05, 4.69) is 22.5 Å². The Morgan fingerprint density at radius 1 is 1.40 bits per heavy atom. The molecule has 0 bridgehead atoms. The van der Waals surface area contributed by atoms with Crippen molar-refractivity contribution in [2.75, 3.05) is 11.9 Å². The third-order valence-corrected chi connectivity index (χ3v) is 4.48. The van der Waals surface area contributed by atoms with Crippen LogP contribution in [0.1, 0.15) is 50.7 Å². The minimum atomic E-state index is -0.346. The molecule has 0 spiro atoms. The van der Waals surface area contributed by atoms with E-state index in [-0.39, 0.29) is 18.2 Å². The summed E-state index contributed by atoms with van der Waals surface area (Å²) in [6.07, 6.45) is 6.75. The average molecular weight is 362 g/mol. The monoisotopic (exact) mass is 361 g/mol. The fourth-order valence-corrected chi connectivity index (χ4v) is 3.09. The molecule has 0 radical (unpaired) electrons. The van der Waals surface area contributed by atoms with Crippen molar-refractivity contribution in [1.82, 2.24) is 10.6 Å². The van der Waals surface area contributed by atoms with Crippen molar-refractivity contribution in [3.05, 3.63) is 42.5 Å². The summed E-state index contributed by atoms with van der Waals surface area (Å²) in [5.74, 6) is 0. The maximum atomic E-state index is 12.1. The molecule has 1 aliphatic rings. The van der Waals surface area contributed by atoms with Crippen LogP contribution in [0.3, 0.4) is 0 Å². The van der Waals surface area contributed by atoms with Crippen molar-refractivity contribution in [1.29, 1.82) is 0 Å². The number of thiocarbonyl (C=S) groups is 1. The molecular weight excluding hydrogens is 334 g/mol. The van der Waals surface area contributed by atoms with Crippen LogP contribution in [-0.4, -0.2) is 23.8 Å². The molecule has 136 valence electrons. The van der Waals surface area contributed by atoms with E-state index in [0.29, 0.717) is 11.7 Å². The average Bonchev–Trinajstić information content (AvgIpc) is 2.61. The Labute approximate surface area is 155 Å². The molecule has 0 saturated heterocycles. The van der Waals surface area contributed by atoms with Crippen molar-refractivity contribution >= 4 is 29.1 Å². The van der Waals surface area contributed by atoms with Gasteiger partial charge in [0.2, 0.25) is 0 Å². The summed E-state index contributed by atoms with van der Waals surface area (Å²) in [4.78, 5) is 12.1. The first-order valence-corrected chi connectivity index (χ1v) is 9.22. The van der Waals surface area contributed by atoms with Crippen LogP contribution >= 0.6 is 12.2 Å². The predicted molar refractivity (Wildman–Crippen MR) is 106 cm³/mol. The van der Waals surface area contributed by atoms with Gasteiger partial charge in [0.1, 0.15) is 6.10 Å². The Morgan fingerprint density at radius 2 is 2.16 bits per heavy atom. The Morgan fingerprint density at radius 3 is 2.88 bits per heavy atom.